The maximum Gasteiger partial charge on any atom is 0.0375 e. The average Bonchev–Trinajstić information content (AvgIpc) is 2.89. The SMILES string of the molecule is CN1CCN(C)C(C(N)Cc2ccc3c(c2)CCC3)C1. The summed E-state index contributed by atoms with van der Waals surface area (Å²) in [6.45, 7) is 3.36. The fraction of sp³-hybridized carbons (Fsp3) is 0.647. The molecule has 1 heterocycles. The molecule has 0 radical (unpaired) electrons. The molecule has 2 atom stereocenters. The summed E-state index contributed by atoms with van der Waals surface area (Å²) >= 11 is 0. The van der Waals surface area contributed by atoms with Crippen molar-refractivity contribution in [3.05, 3.63) is 34.9 Å². The van der Waals surface area contributed by atoms with Crippen molar-refractivity contribution in [2.75, 3.05) is 33.7 Å². The van der Waals surface area contributed by atoms with Crippen molar-refractivity contribution in [1.29, 1.82) is 0 Å². The summed E-state index contributed by atoms with van der Waals surface area (Å²) in [6, 6.07) is 7.70. The van der Waals surface area contributed by atoms with Crippen LogP contribution in [-0.2, 0) is 19.3 Å². The van der Waals surface area contributed by atoms with Crippen LogP contribution in [0.5, 0.6) is 0 Å². The normalized spacial score (nSPS) is 25.6. The van der Waals surface area contributed by atoms with Crippen LogP contribution in [0.2, 0.25) is 0 Å². The Balaban J connectivity index is 1.67. The molecule has 0 spiro atoms. The highest BCUT2D eigenvalue weighted by Crippen LogP contribution is 2.23. The van der Waals surface area contributed by atoms with Gasteiger partial charge >= 0.3 is 0 Å². The Morgan fingerprint density at radius 2 is 2.00 bits per heavy atom. The Morgan fingerprint density at radius 1 is 1.20 bits per heavy atom. The number of benzene rings is 1. The highest BCUT2D eigenvalue weighted by atomic mass is 15.3. The summed E-state index contributed by atoms with van der Waals surface area (Å²) < 4.78 is 0. The minimum absolute atomic E-state index is 0.224. The standard InChI is InChI=1S/C17H27N3/c1-19-8-9-20(2)17(12-19)16(18)11-13-6-7-14-4-3-5-15(14)10-13/h6-7,10,16-17H,3-5,8-9,11-12,18H2,1-2H3. The number of fused-ring (bicyclic) bond motifs is 1. The summed E-state index contributed by atoms with van der Waals surface area (Å²) in [5, 5.41) is 0. The Kier molecular flexibility index (Phi) is 4.11. The van der Waals surface area contributed by atoms with Gasteiger partial charge in [-0.1, -0.05) is 18.2 Å². The number of aryl methyl sites for hydroxylation is 2. The third-order valence-electron chi connectivity index (χ3n) is 5.03. The van der Waals surface area contributed by atoms with Gasteiger partial charge in [0.25, 0.3) is 0 Å². The van der Waals surface area contributed by atoms with Crippen molar-refractivity contribution >= 4 is 0 Å². The van der Waals surface area contributed by atoms with Gasteiger partial charge in [-0.3, -0.25) is 4.90 Å². The minimum atomic E-state index is 0.224. The van der Waals surface area contributed by atoms with E-state index in [0.717, 1.165) is 26.1 Å². The third kappa shape index (κ3) is 2.90. The van der Waals surface area contributed by atoms with E-state index < -0.39 is 0 Å². The summed E-state index contributed by atoms with van der Waals surface area (Å²) in [4.78, 5) is 4.82. The van der Waals surface area contributed by atoms with E-state index in [1.54, 1.807) is 11.1 Å². The summed E-state index contributed by atoms with van der Waals surface area (Å²) in [6.07, 6.45) is 4.83. The van der Waals surface area contributed by atoms with E-state index in [0.29, 0.717) is 6.04 Å². The van der Waals surface area contributed by atoms with Crippen molar-refractivity contribution in [3.8, 4) is 0 Å². The number of piperazine rings is 1. The van der Waals surface area contributed by atoms with E-state index in [9.17, 15) is 0 Å². The fourth-order valence-electron chi connectivity index (χ4n) is 3.67. The fourth-order valence-corrected chi connectivity index (χ4v) is 3.67. The van der Waals surface area contributed by atoms with Crippen LogP contribution in [-0.4, -0.2) is 55.6 Å². The molecule has 0 saturated carbocycles. The second-order valence-corrected chi connectivity index (χ2v) is 6.63. The van der Waals surface area contributed by atoms with Crippen LogP contribution in [0, 0.1) is 0 Å². The topological polar surface area (TPSA) is 32.5 Å². The van der Waals surface area contributed by atoms with E-state index in [-0.39, 0.29) is 6.04 Å². The molecule has 3 nitrogen and oxygen atoms in total. The molecule has 0 aromatic heterocycles. The second-order valence-electron chi connectivity index (χ2n) is 6.63. The molecule has 0 amide bonds. The Bertz CT molecular complexity index is 471. The average molecular weight is 273 g/mol. The Labute approximate surface area is 122 Å². The Morgan fingerprint density at radius 3 is 2.85 bits per heavy atom. The highest BCUT2D eigenvalue weighted by molar-refractivity contribution is 5.35. The van der Waals surface area contributed by atoms with Gasteiger partial charge in [0.1, 0.15) is 0 Å². The van der Waals surface area contributed by atoms with Crippen LogP contribution in [0.4, 0.5) is 0 Å². The van der Waals surface area contributed by atoms with Gasteiger partial charge in [0.05, 0.1) is 0 Å². The summed E-state index contributed by atoms with van der Waals surface area (Å²) in [7, 11) is 4.41. The van der Waals surface area contributed by atoms with Gasteiger partial charge < -0.3 is 10.6 Å². The van der Waals surface area contributed by atoms with Crippen molar-refractivity contribution in [3.63, 3.8) is 0 Å². The molecular formula is C17H27N3. The van der Waals surface area contributed by atoms with E-state index in [1.165, 1.54) is 24.8 Å². The van der Waals surface area contributed by atoms with Crippen molar-refractivity contribution in [2.24, 2.45) is 5.73 Å². The molecule has 2 N–H and O–H groups in total. The maximum atomic E-state index is 6.51. The van der Waals surface area contributed by atoms with Crippen molar-refractivity contribution in [1.82, 2.24) is 9.80 Å². The quantitative estimate of drug-likeness (QED) is 0.901. The molecule has 1 fully saturated rings. The molecule has 20 heavy (non-hydrogen) atoms. The molecule has 0 bridgehead atoms. The van der Waals surface area contributed by atoms with Crippen LogP contribution in [0.15, 0.2) is 18.2 Å². The summed E-state index contributed by atoms with van der Waals surface area (Å²) in [5.41, 5.74) is 11.0. The van der Waals surface area contributed by atoms with Gasteiger partial charge in [-0.05, 0) is 56.5 Å². The number of nitrogens with zero attached hydrogens (tertiary/aromatic N) is 2. The predicted molar refractivity (Wildman–Crippen MR) is 84.1 cm³/mol. The third-order valence-corrected chi connectivity index (χ3v) is 5.03. The van der Waals surface area contributed by atoms with Gasteiger partial charge in [0.2, 0.25) is 0 Å². The predicted octanol–water partition coefficient (Wildman–Crippen LogP) is 1.29. The lowest BCUT2D eigenvalue weighted by Gasteiger charge is -2.40. The number of likely N-dealkylation sites (N-methyl/N-ethyl adjacent to an activating group) is 2. The lowest BCUT2D eigenvalue weighted by molar-refractivity contribution is 0.0973. The molecular weight excluding hydrogens is 246 g/mol. The number of hydrogen-bond donors (Lipinski definition) is 1. The summed E-state index contributed by atoms with van der Waals surface area (Å²) in [5.74, 6) is 0. The van der Waals surface area contributed by atoms with Gasteiger partial charge in [0, 0.05) is 31.7 Å². The van der Waals surface area contributed by atoms with E-state index in [4.69, 9.17) is 5.73 Å². The molecule has 1 saturated heterocycles. The molecule has 1 aliphatic heterocycles. The number of hydrogen-bond acceptors (Lipinski definition) is 3. The lowest BCUT2D eigenvalue weighted by atomic mass is 9.95. The minimum Gasteiger partial charge on any atom is -0.326 e. The zero-order valence-corrected chi connectivity index (χ0v) is 12.8. The molecule has 3 rings (SSSR count). The smallest absolute Gasteiger partial charge is 0.0375 e. The largest absolute Gasteiger partial charge is 0.326 e. The number of rotatable bonds is 3. The molecule has 1 aromatic carbocycles. The van der Waals surface area contributed by atoms with E-state index in [2.05, 4.69) is 42.1 Å². The van der Waals surface area contributed by atoms with Crippen LogP contribution in [0.1, 0.15) is 23.1 Å². The van der Waals surface area contributed by atoms with Crippen molar-refractivity contribution in [2.45, 2.75) is 37.8 Å². The van der Waals surface area contributed by atoms with Crippen LogP contribution in [0.25, 0.3) is 0 Å². The molecule has 1 aliphatic carbocycles. The van der Waals surface area contributed by atoms with Crippen LogP contribution < -0.4 is 5.73 Å². The zero-order chi connectivity index (χ0) is 14.1. The van der Waals surface area contributed by atoms with E-state index >= 15 is 0 Å². The van der Waals surface area contributed by atoms with Crippen molar-refractivity contribution < 1.29 is 0 Å². The highest BCUT2D eigenvalue weighted by Gasteiger charge is 2.27. The first-order valence-electron chi connectivity index (χ1n) is 7.88. The maximum absolute atomic E-state index is 6.51. The molecule has 1 aromatic rings. The monoisotopic (exact) mass is 273 g/mol. The van der Waals surface area contributed by atoms with Gasteiger partial charge in [0.15, 0.2) is 0 Å². The Hall–Kier alpha value is -0.900. The molecule has 3 heteroatoms. The molecule has 2 aliphatic rings. The molecule has 110 valence electrons. The van der Waals surface area contributed by atoms with Crippen LogP contribution >= 0.6 is 0 Å². The van der Waals surface area contributed by atoms with Gasteiger partial charge in [-0.25, -0.2) is 0 Å². The van der Waals surface area contributed by atoms with Gasteiger partial charge in [-0.15, -0.1) is 0 Å². The molecule has 2 unspecified atom stereocenters. The second kappa shape index (κ2) is 5.84. The first-order chi connectivity index (χ1) is 9.63. The van der Waals surface area contributed by atoms with E-state index in [1.807, 2.05) is 0 Å². The lowest BCUT2D eigenvalue weighted by Crippen LogP contribution is -2.58. The first kappa shape index (κ1) is 14.1. The van der Waals surface area contributed by atoms with Crippen LogP contribution in [0.3, 0.4) is 0 Å². The number of nitrogens with two attached hydrogens (primary N) is 1. The van der Waals surface area contributed by atoms with Gasteiger partial charge in [-0.2, -0.15) is 0 Å². The zero-order valence-electron chi connectivity index (χ0n) is 12.8. The first-order valence-corrected chi connectivity index (χ1v) is 7.88.